The number of unbranched alkanes of at least 4 members (excludes halogenated alkanes) is 2. The molecule has 1 fully saturated rings. The van der Waals surface area contributed by atoms with Gasteiger partial charge in [-0.05, 0) is 49.3 Å². The van der Waals surface area contributed by atoms with E-state index in [9.17, 15) is 14.7 Å². The maximum Gasteiger partial charge on any atom is 0.305 e. The fourth-order valence-electron chi connectivity index (χ4n) is 4.15. The van der Waals surface area contributed by atoms with Crippen molar-refractivity contribution < 1.29 is 19.4 Å². The first kappa shape index (κ1) is 27.5. The summed E-state index contributed by atoms with van der Waals surface area (Å²) in [4.78, 5) is 25.4. The highest BCUT2D eigenvalue weighted by Crippen LogP contribution is 2.22. The zero-order chi connectivity index (χ0) is 23.9. The van der Waals surface area contributed by atoms with Crippen LogP contribution in [-0.4, -0.2) is 59.2 Å². The van der Waals surface area contributed by atoms with E-state index in [0.29, 0.717) is 19.4 Å². The van der Waals surface area contributed by atoms with Crippen molar-refractivity contribution in [2.45, 2.75) is 76.9 Å². The van der Waals surface area contributed by atoms with Gasteiger partial charge in [-0.2, -0.15) is 11.8 Å². The van der Waals surface area contributed by atoms with Crippen molar-refractivity contribution in [1.29, 1.82) is 0 Å². The fraction of sp³-hybridized carbons (Fsp3) is 0.630. The number of methoxy groups -OCH3 is 1. The Morgan fingerprint density at radius 3 is 2.76 bits per heavy atom. The number of esters is 1. The van der Waals surface area contributed by atoms with Gasteiger partial charge >= 0.3 is 5.97 Å². The number of aliphatic hydroxyl groups excluding tert-OH is 1. The third kappa shape index (κ3) is 10.8. The molecule has 0 bridgehead atoms. The highest BCUT2D eigenvalue weighted by atomic mass is 32.2. The molecule has 2 rings (SSSR count). The van der Waals surface area contributed by atoms with Crippen LogP contribution in [0.3, 0.4) is 0 Å². The molecule has 1 amide bonds. The standard InChI is InChI=1S/C27H41NO4S/c1-22(10-5-3-6-11-23-12-7-4-8-13-23)25(29)17-15-24-16-18-26(30)28(24)19-21-33-20-9-14-27(31)32-2/h4,7-8,12-13,15,17,22,24-25,29H,3,5-6,9-11,14,16,18-21H2,1-2H3/t22-,24-,25+/m0/s1. The summed E-state index contributed by atoms with van der Waals surface area (Å²) < 4.78 is 4.65. The number of amides is 1. The molecule has 1 aliphatic heterocycles. The third-order valence-electron chi connectivity index (χ3n) is 6.33. The molecule has 6 heteroatoms. The van der Waals surface area contributed by atoms with Gasteiger partial charge in [-0.3, -0.25) is 9.59 Å². The smallest absolute Gasteiger partial charge is 0.305 e. The van der Waals surface area contributed by atoms with Crippen LogP contribution in [0, 0.1) is 5.92 Å². The van der Waals surface area contributed by atoms with Crippen molar-refractivity contribution in [3.8, 4) is 0 Å². The van der Waals surface area contributed by atoms with Gasteiger partial charge in [0.25, 0.3) is 0 Å². The van der Waals surface area contributed by atoms with Gasteiger partial charge in [0.05, 0.1) is 19.3 Å². The summed E-state index contributed by atoms with van der Waals surface area (Å²) in [5.41, 5.74) is 1.39. The van der Waals surface area contributed by atoms with Crippen LogP contribution in [0.4, 0.5) is 0 Å². The van der Waals surface area contributed by atoms with Crippen LogP contribution in [0.1, 0.15) is 63.9 Å². The fourth-order valence-corrected chi connectivity index (χ4v) is 5.03. The average Bonchev–Trinajstić information content (AvgIpc) is 3.18. The molecule has 0 unspecified atom stereocenters. The van der Waals surface area contributed by atoms with Crippen molar-refractivity contribution in [3.63, 3.8) is 0 Å². The van der Waals surface area contributed by atoms with Gasteiger partial charge in [-0.25, -0.2) is 0 Å². The number of hydrogen-bond donors (Lipinski definition) is 1. The molecule has 3 atom stereocenters. The molecule has 0 saturated carbocycles. The van der Waals surface area contributed by atoms with Gasteiger partial charge in [-0.1, -0.05) is 62.2 Å². The Balaban J connectivity index is 1.62. The maximum atomic E-state index is 12.3. The predicted molar refractivity (Wildman–Crippen MR) is 136 cm³/mol. The molecule has 0 radical (unpaired) electrons. The Kier molecular flexibility index (Phi) is 13.3. The molecular weight excluding hydrogens is 434 g/mol. The number of ether oxygens (including phenoxy) is 1. The summed E-state index contributed by atoms with van der Waals surface area (Å²) in [7, 11) is 1.41. The number of nitrogens with zero attached hydrogens (tertiary/aromatic N) is 1. The lowest BCUT2D eigenvalue weighted by atomic mass is 9.95. The normalized spacial score (nSPS) is 18.1. The molecular formula is C27H41NO4S. The minimum absolute atomic E-state index is 0.0842. The van der Waals surface area contributed by atoms with Crippen molar-refractivity contribution in [2.75, 3.05) is 25.2 Å². The minimum Gasteiger partial charge on any atom is -0.469 e. The number of benzene rings is 1. The number of aliphatic hydroxyl groups is 1. The lowest BCUT2D eigenvalue weighted by Crippen LogP contribution is -2.34. The number of carbonyl (C=O) groups is 2. The molecule has 1 aromatic carbocycles. The van der Waals surface area contributed by atoms with Crippen LogP contribution >= 0.6 is 11.8 Å². The van der Waals surface area contributed by atoms with Crippen LogP contribution in [0.15, 0.2) is 42.5 Å². The van der Waals surface area contributed by atoms with Gasteiger partial charge in [0.2, 0.25) is 5.91 Å². The molecule has 0 aliphatic carbocycles. The summed E-state index contributed by atoms with van der Waals surface area (Å²) >= 11 is 1.76. The number of thioether (sulfide) groups is 1. The first-order valence-electron chi connectivity index (χ1n) is 12.4. The first-order chi connectivity index (χ1) is 16.0. The summed E-state index contributed by atoms with van der Waals surface area (Å²) in [5.74, 6) is 1.99. The van der Waals surface area contributed by atoms with E-state index < -0.39 is 6.10 Å². The molecule has 1 aromatic rings. The molecule has 5 nitrogen and oxygen atoms in total. The van der Waals surface area contributed by atoms with Crippen LogP contribution in [0.2, 0.25) is 0 Å². The minimum atomic E-state index is -0.468. The molecule has 1 aliphatic rings. The van der Waals surface area contributed by atoms with Gasteiger partial charge in [0.15, 0.2) is 0 Å². The largest absolute Gasteiger partial charge is 0.469 e. The van der Waals surface area contributed by atoms with Crippen molar-refractivity contribution in [2.24, 2.45) is 5.92 Å². The topological polar surface area (TPSA) is 66.8 Å². The van der Waals surface area contributed by atoms with Crippen molar-refractivity contribution >= 4 is 23.6 Å². The van der Waals surface area contributed by atoms with Crippen LogP contribution in [-0.2, 0) is 20.7 Å². The number of aryl methyl sites for hydroxylation is 1. The van der Waals surface area contributed by atoms with Crippen LogP contribution in [0.25, 0.3) is 0 Å². The molecule has 184 valence electrons. The molecule has 33 heavy (non-hydrogen) atoms. The lowest BCUT2D eigenvalue weighted by Gasteiger charge is -2.23. The molecule has 1 saturated heterocycles. The molecule has 1 N–H and O–H groups in total. The molecule has 0 aromatic heterocycles. The maximum absolute atomic E-state index is 12.3. The highest BCUT2D eigenvalue weighted by molar-refractivity contribution is 7.99. The zero-order valence-electron chi connectivity index (χ0n) is 20.3. The third-order valence-corrected chi connectivity index (χ3v) is 7.38. The lowest BCUT2D eigenvalue weighted by molar-refractivity contribution is -0.140. The first-order valence-corrected chi connectivity index (χ1v) is 13.5. The number of hydrogen-bond acceptors (Lipinski definition) is 5. The Hall–Kier alpha value is -1.79. The van der Waals surface area contributed by atoms with E-state index in [2.05, 4.69) is 42.0 Å². The Bertz CT molecular complexity index is 724. The predicted octanol–water partition coefficient (Wildman–Crippen LogP) is 5.02. The van der Waals surface area contributed by atoms with E-state index in [1.165, 1.54) is 25.5 Å². The van der Waals surface area contributed by atoms with Crippen LogP contribution in [0.5, 0.6) is 0 Å². The SMILES string of the molecule is COC(=O)CCCSCCN1C(=O)CC[C@@H]1C=C[C@@H](O)[C@@H](C)CCCCCc1ccccc1. The summed E-state index contributed by atoms with van der Waals surface area (Å²) in [6.07, 6.45) is 11.7. The number of carbonyl (C=O) groups excluding carboxylic acids is 2. The van der Waals surface area contributed by atoms with Gasteiger partial charge in [0.1, 0.15) is 0 Å². The number of rotatable bonds is 16. The second-order valence-electron chi connectivity index (χ2n) is 8.92. The van der Waals surface area contributed by atoms with Gasteiger partial charge in [0, 0.05) is 25.1 Å². The second kappa shape index (κ2) is 15.9. The van der Waals surface area contributed by atoms with E-state index in [0.717, 1.165) is 43.6 Å². The van der Waals surface area contributed by atoms with E-state index in [1.54, 1.807) is 11.8 Å². The summed E-state index contributed by atoms with van der Waals surface area (Å²) in [5, 5.41) is 10.6. The molecule has 1 heterocycles. The quantitative estimate of drug-likeness (QED) is 0.207. The molecule has 0 spiro atoms. The Morgan fingerprint density at radius 1 is 1.21 bits per heavy atom. The Morgan fingerprint density at radius 2 is 2.00 bits per heavy atom. The van der Waals surface area contributed by atoms with E-state index in [-0.39, 0.29) is 23.8 Å². The van der Waals surface area contributed by atoms with E-state index in [4.69, 9.17) is 0 Å². The summed E-state index contributed by atoms with van der Waals surface area (Å²) in [6, 6.07) is 10.7. The van der Waals surface area contributed by atoms with E-state index in [1.807, 2.05) is 17.1 Å². The zero-order valence-corrected chi connectivity index (χ0v) is 21.1. The van der Waals surface area contributed by atoms with Crippen LogP contribution < -0.4 is 0 Å². The van der Waals surface area contributed by atoms with E-state index >= 15 is 0 Å². The van der Waals surface area contributed by atoms with Crippen molar-refractivity contribution in [3.05, 3.63) is 48.0 Å². The van der Waals surface area contributed by atoms with Crippen molar-refractivity contribution in [1.82, 2.24) is 4.90 Å². The monoisotopic (exact) mass is 475 g/mol. The average molecular weight is 476 g/mol. The highest BCUT2D eigenvalue weighted by Gasteiger charge is 2.28. The van der Waals surface area contributed by atoms with Gasteiger partial charge in [-0.15, -0.1) is 0 Å². The second-order valence-corrected chi connectivity index (χ2v) is 10.1. The number of likely N-dealkylation sites (tertiary alicyclic amines) is 1. The Labute approximate surface area is 204 Å². The summed E-state index contributed by atoms with van der Waals surface area (Å²) in [6.45, 7) is 2.82. The van der Waals surface area contributed by atoms with Gasteiger partial charge < -0.3 is 14.7 Å².